The summed E-state index contributed by atoms with van der Waals surface area (Å²) in [5, 5.41) is 2.84. The number of amides is 1. The normalized spacial score (nSPS) is 10.9. The number of hydrogen-bond donors (Lipinski definition) is 2. The zero-order chi connectivity index (χ0) is 19.1. The fraction of sp³-hybridized carbons (Fsp3) is 0.263. The monoisotopic (exact) mass is 394 g/mol. The van der Waals surface area contributed by atoms with Gasteiger partial charge in [-0.2, -0.15) is 0 Å². The lowest BCUT2D eigenvalue weighted by Gasteiger charge is -2.20. The first kappa shape index (κ1) is 22.1. The van der Waals surface area contributed by atoms with Crippen LogP contribution in [-0.2, 0) is 9.53 Å². The van der Waals surface area contributed by atoms with Gasteiger partial charge in [0.1, 0.15) is 0 Å². The fourth-order valence-electron chi connectivity index (χ4n) is 2.49. The van der Waals surface area contributed by atoms with Crippen LogP contribution in [0.1, 0.15) is 28.4 Å². The number of rotatable bonds is 7. The minimum atomic E-state index is -0.601. The number of carbonyl (C=O) groups is 2. The molecular formula is C19H23ClN2O5. The molecule has 0 heterocycles. The Morgan fingerprint density at radius 3 is 2.33 bits per heavy atom. The molecule has 0 aliphatic rings. The Balaban J connectivity index is 0.00000364. The van der Waals surface area contributed by atoms with Crippen LogP contribution in [0, 0.1) is 0 Å². The van der Waals surface area contributed by atoms with Crippen LogP contribution in [0.25, 0.3) is 0 Å². The Bertz CT molecular complexity index is 797. The van der Waals surface area contributed by atoms with Gasteiger partial charge in [0, 0.05) is 11.3 Å². The molecule has 1 unspecified atom stereocenters. The summed E-state index contributed by atoms with van der Waals surface area (Å²) in [6.45, 7) is 0. The molecule has 0 aliphatic carbocycles. The van der Waals surface area contributed by atoms with E-state index < -0.39 is 12.0 Å². The van der Waals surface area contributed by atoms with Crippen molar-refractivity contribution in [2.75, 3.05) is 27.1 Å². The number of methoxy groups -OCH3 is 3. The van der Waals surface area contributed by atoms with Gasteiger partial charge in [0.25, 0.3) is 5.91 Å². The summed E-state index contributed by atoms with van der Waals surface area (Å²) >= 11 is 0. The van der Waals surface area contributed by atoms with E-state index in [1.54, 1.807) is 42.5 Å². The first-order valence-corrected chi connectivity index (χ1v) is 7.93. The minimum Gasteiger partial charge on any atom is -0.493 e. The molecule has 0 saturated carbocycles. The van der Waals surface area contributed by atoms with E-state index in [1.165, 1.54) is 21.3 Å². The molecule has 1 atom stereocenters. The average Bonchev–Trinajstić information content (AvgIpc) is 2.66. The molecule has 0 radical (unpaired) electrons. The molecule has 27 heavy (non-hydrogen) atoms. The van der Waals surface area contributed by atoms with Crippen LogP contribution in [0.15, 0.2) is 42.5 Å². The van der Waals surface area contributed by atoms with Crippen LogP contribution in [0.4, 0.5) is 5.69 Å². The molecule has 146 valence electrons. The highest BCUT2D eigenvalue weighted by molar-refractivity contribution is 5.95. The summed E-state index contributed by atoms with van der Waals surface area (Å²) < 4.78 is 15.3. The zero-order valence-corrected chi connectivity index (χ0v) is 16.2. The number of halogens is 1. The Labute approximate surface area is 164 Å². The number of hydrogen-bond acceptors (Lipinski definition) is 6. The van der Waals surface area contributed by atoms with E-state index in [4.69, 9.17) is 19.9 Å². The van der Waals surface area contributed by atoms with E-state index in [2.05, 4.69) is 5.32 Å². The topological polar surface area (TPSA) is 99.9 Å². The van der Waals surface area contributed by atoms with Crippen molar-refractivity contribution in [3.63, 3.8) is 0 Å². The summed E-state index contributed by atoms with van der Waals surface area (Å²) in [5.74, 6) is 0.256. The molecule has 2 aromatic carbocycles. The maximum atomic E-state index is 12.6. The van der Waals surface area contributed by atoms with Gasteiger partial charge in [0.2, 0.25) is 0 Å². The minimum absolute atomic E-state index is 0. The third kappa shape index (κ3) is 5.79. The van der Waals surface area contributed by atoms with Crippen molar-refractivity contribution in [1.29, 1.82) is 0 Å². The summed E-state index contributed by atoms with van der Waals surface area (Å²) in [5.41, 5.74) is 7.29. The van der Waals surface area contributed by atoms with Crippen molar-refractivity contribution in [3.8, 4) is 11.5 Å². The molecule has 8 heteroatoms. The molecular weight excluding hydrogens is 372 g/mol. The van der Waals surface area contributed by atoms with Crippen molar-refractivity contribution in [2.45, 2.75) is 12.5 Å². The molecule has 7 nitrogen and oxygen atoms in total. The second-order valence-electron chi connectivity index (χ2n) is 5.55. The second-order valence-corrected chi connectivity index (χ2v) is 5.55. The molecule has 0 fully saturated rings. The van der Waals surface area contributed by atoms with Crippen LogP contribution in [0.2, 0.25) is 0 Å². The molecule has 0 aromatic heterocycles. The number of esters is 1. The Morgan fingerprint density at radius 1 is 1.04 bits per heavy atom. The summed E-state index contributed by atoms with van der Waals surface area (Å²) in [7, 11) is 4.35. The highest BCUT2D eigenvalue weighted by Gasteiger charge is 2.21. The second kappa shape index (κ2) is 10.3. The van der Waals surface area contributed by atoms with Crippen molar-refractivity contribution < 1.29 is 23.8 Å². The number of nitrogen functional groups attached to an aromatic ring is 1. The summed E-state index contributed by atoms with van der Waals surface area (Å²) in [6, 6.07) is 11.2. The molecule has 0 bridgehead atoms. The van der Waals surface area contributed by atoms with Crippen molar-refractivity contribution in [2.24, 2.45) is 0 Å². The molecule has 0 saturated heterocycles. The summed E-state index contributed by atoms with van der Waals surface area (Å²) in [4.78, 5) is 24.3. The predicted molar refractivity (Wildman–Crippen MR) is 104 cm³/mol. The van der Waals surface area contributed by atoms with Gasteiger partial charge < -0.3 is 25.3 Å². The lowest BCUT2D eigenvalue weighted by Crippen LogP contribution is -2.30. The number of ether oxygens (including phenoxy) is 3. The van der Waals surface area contributed by atoms with Gasteiger partial charge in [-0.15, -0.1) is 12.4 Å². The zero-order valence-electron chi connectivity index (χ0n) is 15.4. The Morgan fingerprint density at radius 2 is 1.74 bits per heavy atom. The Kier molecular flexibility index (Phi) is 8.41. The highest BCUT2D eigenvalue weighted by Crippen LogP contribution is 2.31. The smallest absolute Gasteiger partial charge is 0.307 e. The first-order chi connectivity index (χ1) is 12.5. The van der Waals surface area contributed by atoms with Gasteiger partial charge in [-0.05, 0) is 35.9 Å². The maximum Gasteiger partial charge on any atom is 0.307 e. The van der Waals surface area contributed by atoms with Crippen LogP contribution >= 0.6 is 12.4 Å². The predicted octanol–water partition coefficient (Wildman–Crippen LogP) is 2.74. The van der Waals surface area contributed by atoms with Crippen molar-refractivity contribution in [3.05, 3.63) is 53.6 Å². The Hall–Kier alpha value is -2.93. The van der Waals surface area contributed by atoms with E-state index >= 15 is 0 Å². The SMILES string of the molecule is COC(=O)CC(NC(=O)c1cccc(N)c1)c1ccc(OC)c(OC)c1.Cl. The average molecular weight is 395 g/mol. The fourth-order valence-corrected chi connectivity index (χ4v) is 2.49. The number of nitrogens with two attached hydrogens (primary N) is 1. The standard InChI is InChI=1S/C19H22N2O5.ClH/c1-24-16-8-7-12(10-17(16)25-2)15(11-18(22)26-3)21-19(23)13-5-4-6-14(20)9-13;/h4-10,15H,11,20H2,1-3H3,(H,21,23);1H. The first-order valence-electron chi connectivity index (χ1n) is 7.93. The van der Waals surface area contributed by atoms with Crippen LogP contribution in [-0.4, -0.2) is 33.2 Å². The lowest BCUT2D eigenvalue weighted by molar-refractivity contribution is -0.141. The maximum absolute atomic E-state index is 12.6. The van der Waals surface area contributed by atoms with E-state index in [9.17, 15) is 9.59 Å². The van der Waals surface area contributed by atoms with E-state index in [0.29, 0.717) is 28.3 Å². The van der Waals surface area contributed by atoms with Gasteiger partial charge >= 0.3 is 5.97 Å². The van der Waals surface area contributed by atoms with Gasteiger partial charge in [-0.25, -0.2) is 0 Å². The van der Waals surface area contributed by atoms with Gasteiger partial charge in [0.15, 0.2) is 11.5 Å². The van der Waals surface area contributed by atoms with Crippen LogP contribution in [0.5, 0.6) is 11.5 Å². The molecule has 0 spiro atoms. The molecule has 2 aromatic rings. The largest absolute Gasteiger partial charge is 0.493 e. The number of benzene rings is 2. The van der Waals surface area contributed by atoms with Gasteiger partial charge in [0.05, 0.1) is 33.8 Å². The van der Waals surface area contributed by atoms with E-state index in [0.717, 1.165) is 0 Å². The van der Waals surface area contributed by atoms with Gasteiger partial charge in [-0.1, -0.05) is 12.1 Å². The van der Waals surface area contributed by atoms with Crippen molar-refractivity contribution in [1.82, 2.24) is 5.32 Å². The number of carbonyl (C=O) groups excluding carboxylic acids is 2. The quantitative estimate of drug-likeness (QED) is 0.553. The third-order valence-electron chi connectivity index (χ3n) is 3.86. The van der Waals surface area contributed by atoms with Gasteiger partial charge in [-0.3, -0.25) is 9.59 Å². The highest BCUT2D eigenvalue weighted by atomic mass is 35.5. The summed E-state index contributed by atoms with van der Waals surface area (Å²) in [6.07, 6.45) is -0.0277. The lowest BCUT2D eigenvalue weighted by atomic mass is 10.0. The number of anilines is 1. The van der Waals surface area contributed by atoms with Crippen LogP contribution in [0.3, 0.4) is 0 Å². The molecule has 1 amide bonds. The molecule has 2 rings (SSSR count). The van der Waals surface area contributed by atoms with E-state index in [-0.39, 0.29) is 24.7 Å². The number of nitrogens with one attached hydrogen (secondary N) is 1. The van der Waals surface area contributed by atoms with Crippen LogP contribution < -0.4 is 20.5 Å². The van der Waals surface area contributed by atoms with E-state index in [1.807, 2.05) is 0 Å². The van der Waals surface area contributed by atoms with Crippen molar-refractivity contribution >= 4 is 30.0 Å². The molecule has 3 N–H and O–H groups in total. The molecule has 0 aliphatic heterocycles. The third-order valence-corrected chi connectivity index (χ3v) is 3.86.